The monoisotopic (exact) mass is 556 g/mol. The summed E-state index contributed by atoms with van der Waals surface area (Å²) in [7, 11) is 0. The molecular formula is C28H24ClF3N4O3. The average Bonchev–Trinajstić information content (AvgIpc) is 2.89. The van der Waals surface area contributed by atoms with Crippen molar-refractivity contribution in [2.75, 3.05) is 10.6 Å². The van der Waals surface area contributed by atoms with Crippen molar-refractivity contribution in [1.82, 2.24) is 10.3 Å². The van der Waals surface area contributed by atoms with Crippen molar-refractivity contribution < 1.29 is 18.0 Å². The van der Waals surface area contributed by atoms with E-state index in [9.17, 15) is 27.6 Å². The number of anilines is 3. The van der Waals surface area contributed by atoms with Gasteiger partial charge in [0.05, 0.1) is 5.69 Å². The molecule has 1 atom stereocenters. The van der Waals surface area contributed by atoms with Gasteiger partial charge in [0, 0.05) is 22.2 Å². The van der Waals surface area contributed by atoms with E-state index in [0.717, 1.165) is 17.8 Å². The Kier molecular flexibility index (Phi) is 7.78. The maximum absolute atomic E-state index is 13.5. The zero-order valence-corrected chi connectivity index (χ0v) is 21.7. The highest BCUT2D eigenvalue weighted by molar-refractivity contribution is 6.30. The molecule has 3 aromatic carbocycles. The number of benzene rings is 2. The van der Waals surface area contributed by atoms with Crippen LogP contribution >= 0.6 is 11.6 Å². The zero-order chi connectivity index (χ0) is 28.4. The van der Waals surface area contributed by atoms with Gasteiger partial charge in [0.2, 0.25) is 0 Å². The highest BCUT2D eigenvalue weighted by Crippen LogP contribution is 2.35. The van der Waals surface area contributed by atoms with E-state index in [1.807, 2.05) is 44.2 Å². The van der Waals surface area contributed by atoms with Crippen LogP contribution in [-0.4, -0.2) is 17.1 Å². The first kappa shape index (κ1) is 27.8. The predicted octanol–water partition coefficient (Wildman–Crippen LogP) is 5.53. The molecule has 0 fully saturated rings. The largest absolute Gasteiger partial charge is 0.435 e. The Morgan fingerprint density at radius 1 is 0.949 bits per heavy atom. The third kappa shape index (κ3) is 6.28. The number of aromatic nitrogens is 1. The molecule has 0 spiro atoms. The summed E-state index contributed by atoms with van der Waals surface area (Å²) < 4.78 is 40.4. The van der Waals surface area contributed by atoms with E-state index in [-0.39, 0.29) is 16.9 Å². The number of hydrogen-bond donors (Lipinski definition) is 3. The lowest BCUT2D eigenvalue weighted by Gasteiger charge is -2.37. The first-order valence-electron chi connectivity index (χ1n) is 11.9. The van der Waals surface area contributed by atoms with Crippen LogP contribution in [0.5, 0.6) is 0 Å². The van der Waals surface area contributed by atoms with Gasteiger partial charge in [0.25, 0.3) is 16.8 Å². The molecule has 1 amide bonds. The van der Waals surface area contributed by atoms with Gasteiger partial charge in [-0.3, -0.25) is 14.4 Å². The topological polar surface area (TPSA) is 100 Å². The van der Waals surface area contributed by atoms with Crippen molar-refractivity contribution in [3.05, 3.63) is 115 Å². The lowest BCUT2D eigenvalue weighted by atomic mass is 9.82. The van der Waals surface area contributed by atoms with Gasteiger partial charge in [-0.1, -0.05) is 61.8 Å². The summed E-state index contributed by atoms with van der Waals surface area (Å²) >= 11 is 6.04. The highest BCUT2D eigenvalue weighted by atomic mass is 35.5. The van der Waals surface area contributed by atoms with Crippen LogP contribution in [0, 0.1) is 5.41 Å². The van der Waals surface area contributed by atoms with E-state index in [4.69, 9.17) is 11.6 Å². The minimum Gasteiger partial charge on any atom is -0.360 e. The molecule has 4 aromatic rings. The lowest BCUT2D eigenvalue weighted by Crippen LogP contribution is -2.53. The molecule has 39 heavy (non-hydrogen) atoms. The number of alkyl halides is 3. The van der Waals surface area contributed by atoms with Crippen LogP contribution in [-0.2, 0) is 12.6 Å². The molecule has 1 aromatic heterocycles. The van der Waals surface area contributed by atoms with Crippen molar-refractivity contribution in [1.29, 1.82) is 0 Å². The van der Waals surface area contributed by atoms with E-state index < -0.39 is 45.9 Å². The maximum atomic E-state index is 13.5. The second-order valence-corrected chi connectivity index (χ2v) is 10.1. The second-order valence-electron chi connectivity index (χ2n) is 9.64. The van der Waals surface area contributed by atoms with Crippen LogP contribution < -0.4 is 26.8 Å². The van der Waals surface area contributed by atoms with Gasteiger partial charge in [-0.2, -0.15) is 13.2 Å². The lowest BCUT2D eigenvalue weighted by molar-refractivity contribution is -0.140. The Morgan fingerprint density at radius 3 is 2.31 bits per heavy atom. The molecule has 0 aliphatic rings. The van der Waals surface area contributed by atoms with Crippen LogP contribution in [0.25, 0.3) is 0 Å². The number of nitrogens with one attached hydrogen (secondary N) is 3. The first-order valence-corrected chi connectivity index (χ1v) is 12.2. The Morgan fingerprint density at radius 2 is 1.64 bits per heavy atom. The second kappa shape index (κ2) is 10.9. The number of amides is 1. The van der Waals surface area contributed by atoms with E-state index >= 15 is 0 Å². The summed E-state index contributed by atoms with van der Waals surface area (Å²) in [4.78, 5) is 41.5. The standard InChI is InChI=1S/C28H24ClF3N4O3/c1-27(2,15-16-8-4-3-5-9-16)26(36-25(39)17-10-6-11-18(29)14-17)35-21-20(22(37)23(21)38)34-19-12-7-13-33-24(19)28(30,31)32/h3-14,26,34-35H,15H2,1-2H3,(H,36,39). The quantitative estimate of drug-likeness (QED) is 0.185. The van der Waals surface area contributed by atoms with E-state index in [1.54, 1.807) is 18.2 Å². The first-order chi connectivity index (χ1) is 18.4. The fourth-order valence-corrected chi connectivity index (χ4v) is 4.34. The summed E-state index contributed by atoms with van der Waals surface area (Å²) in [5.74, 6) is -0.504. The van der Waals surface area contributed by atoms with Crippen LogP contribution in [0.15, 0.2) is 82.5 Å². The molecule has 0 aliphatic carbocycles. The molecule has 0 radical (unpaired) electrons. The highest BCUT2D eigenvalue weighted by Gasteiger charge is 2.37. The van der Waals surface area contributed by atoms with Crippen molar-refractivity contribution >= 4 is 34.6 Å². The molecule has 0 aliphatic heterocycles. The molecule has 3 N–H and O–H groups in total. The van der Waals surface area contributed by atoms with Crippen molar-refractivity contribution in [2.24, 2.45) is 5.41 Å². The van der Waals surface area contributed by atoms with Crippen LogP contribution in [0.1, 0.15) is 35.5 Å². The predicted molar refractivity (Wildman–Crippen MR) is 144 cm³/mol. The smallest absolute Gasteiger partial charge is 0.360 e. The number of pyridine rings is 1. The summed E-state index contributed by atoms with van der Waals surface area (Å²) in [5, 5.41) is 8.53. The zero-order valence-electron chi connectivity index (χ0n) is 20.9. The number of carbonyl (C=O) groups is 1. The molecule has 1 unspecified atom stereocenters. The van der Waals surface area contributed by atoms with E-state index in [2.05, 4.69) is 20.9 Å². The normalized spacial score (nSPS) is 12.7. The van der Waals surface area contributed by atoms with Crippen LogP contribution in [0.3, 0.4) is 0 Å². The Bertz CT molecular complexity index is 1560. The summed E-state index contributed by atoms with van der Waals surface area (Å²) in [5.41, 5.74) is -3.77. The van der Waals surface area contributed by atoms with Crippen molar-refractivity contribution in [3.63, 3.8) is 0 Å². The Labute approximate surface area is 226 Å². The van der Waals surface area contributed by atoms with Gasteiger partial charge in [0.1, 0.15) is 17.5 Å². The minimum atomic E-state index is -4.79. The number of carbonyl (C=O) groups excluding carboxylic acids is 1. The summed E-state index contributed by atoms with van der Waals surface area (Å²) in [6.45, 7) is 3.69. The van der Waals surface area contributed by atoms with Crippen LogP contribution in [0.2, 0.25) is 5.02 Å². The number of hydrogen-bond acceptors (Lipinski definition) is 6. The van der Waals surface area contributed by atoms with E-state index in [0.29, 0.717) is 11.4 Å². The molecule has 4 rings (SSSR count). The van der Waals surface area contributed by atoms with E-state index in [1.165, 1.54) is 12.1 Å². The minimum absolute atomic E-state index is 0.241. The molecule has 0 saturated heterocycles. The van der Waals surface area contributed by atoms with Gasteiger partial charge in [-0.25, -0.2) is 4.98 Å². The van der Waals surface area contributed by atoms with Gasteiger partial charge in [0.15, 0.2) is 5.69 Å². The third-order valence-electron chi connectivity index (χ3n) is 6.18. The third-order valence-corrected chi connectivity index (χ3v) is 6.42. The fourth-order valence-electron chi connectivity index (χ4n) is 4.15. The van der Waals surface area contributed by atoms with Crippen molar-refractivity contribution in [3.8, 4) is 0 Å². The van der Waals surface area contributed by atoms with Gasteiger partial charge in [-0.15, -0.1) is 0 Å². The fraction of sp³-hybridized carbons (Fsp3) is 0.214. The Balaban J connectivity index is 1.68. The maximum Gasteiger partial charge on any atom is 0.435 e. The van der Waals surface area contributed by atoms with Crippen LogP contribution in [0.4, 0.5) is 30.2 Å². The number of rotatable bonds is 9. The molecule has 7 nitrogen and oxygen atoms in total. The molecule has 0 saturated carbocycles. The summed E-state index contributed by atoms with van der Waals surface area (Å²) in [6.07, 6.45) is -4.30. The summed E-state index contributed by atoms with van der Waals surface area (Å²) in [6, 6.07) is 18.0. The molecule has 202 valence electrons. The number of nitrogens with zero attached hydrogens (tertiary/aromatic N) is 1. The van der Waals surface area contributed by atoms with Gasteiger partial charge < -0.3 is 16.0 Å². The molecule has 1 heterocycles. The Hall–Kier alpha value is -4.18. The van der Waals surface area contributed by atoms with Gasteiger partial charge >= 0.3 is 6.18 Å². The number of halogens is 4. The van der Waals surface area contributed by atoms with Gasteiger partial charge in [-0.05, 0) is 42.3 Å². The molecule has 11 heteroatoms. The average molecular weight is 557 g/mol. The molecule has 0 bridgehead atoms. The van der Waals surface area contributed by atoms with Crippen molar-refractivity contribution in [2.45, 2.75) is 32.6 Å². The SMILES string of the molecule is CC(C)(Cc1ccccc1)C(NC(=O)c1cccc(Cl)c1)Nc1c(Nc2cccnc2C(F)(F)F)c(=O)c1=O. The molecular weight excluding hydrogens is 533 g/mol.